The molecule has 1 heterocycles. The minimum atomic E-state index is 0.830. The minimum absolute atomic E-state index is 0.830. The van der Waals surface area contributed by atoms with E-state index in [2.05, 4.69) is 17.0 Å². The van der Waals surface area contributed by atoms with Gasteiger partial charge in [0.1, 0.15) is 17.2 Å². The van der Waals surface area contributed by atoms with E-state index in [1.165, 1.54) is 5.56 Å². The fraction of sp³-hybridized carbons (Fsp3) is 0.400. The van der Waals surface area contributed by atoms with Gasteiger partial charge in [-0.15, -0.1) is 0 Å². The van der Waals surface area contributed by atoms with E-state index in [9.17, 15) is 0 Å². The highest BCUT2D eigenvalue weighted by Crippen LogP contribution is 2.27. The van der Waals surface area contributed by atoms with Crippen molar-refractivity contribution in [2.75, 3.05) is 40.0 Å². The normalized spacial score (nSPS) is 15.2. The SMILES string of the molecule is COc1ccc(Oc2ccccc2CCCN2CCOCC2)cc1. The van der Waals surface area contributed by atoms with Crippen LogP contribution in [0.25, 0.3) is 0 Å². The van der Waals surface area contributed by atoms with Gasteiger partial charge in [-0.3, -0.25) is 4.90 Å². The molecule has 0 unspecified atom stereocenters. The first kappa shape index (κ1) is 16.8. The number of benzene rings is 2. The van der Waals surface area contributed by atoms with Gasteiger partial charge in [0.15, 0.2) is 0 Å². The van der Waals surface area contributed by atoms with Crippen molar-refractivity contribution in [3.8, 4) is 17.2 Å². The Hall–Kier alpha value is -2.04. The summed E-state index contributed by atoms with van der Waals surface area (Å²) in [4.78, 5) is 2.47. The van der Waals surface area contributed by atoms with Gasteiger partial charge in [0.2, 0.25) is 0 Å². The van der Waals surface area contributed by atoms with Crippen LogP contribution in [0.15, 0.2) is 48.5 Å². The molecule has 4 heteroatoms. The average molecular weight is 327 g/mol. The lowest BCUT2D eigenvalue weighted by Crippen LogP contribution is -2.36. The Balaban J connectivity index is 1.57. The number of hydrogen-bond acceptors (Lipinski definition) is 4. The van der Waals surface area contributed by atoms with Crippen LogP contribution in [-0.4, -0.2) is 44.9 Å². The van der Waals surface area contributed by atoms with E-state index < -0.39 is 0 Å². The van der Waals surface area contributed by atoms with Crippen LogP contribution in [0.4, 0.5) is 0 Å². The first-order valence-electron chi connectivity index (χ1n) is 8.55. The van der Waals surface area contributed by atoms with Crippen LogP contribution < -0.4 is 9.47 Å². The molecule has 4 nitrogen and oxygen atoms in total. The van der Waals surface area contributed by atoms with Crippen molar-refractivity contribution in [3.05, 3.63) is 54.1 Å². The molecule has 1 saturated heterocycles. The van der Waals surface area contributed by atoms with Crippen LogP contribution in [0.3, 0.4) is 0 Å². The summed E-state index contributed by atoms with van der Waals surface area (Å²) in [6.07, 6.45) is 2.15. The van der Waals surface area contributed by atoms with Crippen LogP contribution in [0.5, 0.6) is 17.2 Å². The maximum absolute atomic E-state index is 6.06. The molecule has 0 radical (unpaired) electrons. The van der Waals surface area contributed by atoms with Crippen LogP contribution in [-0.2, 0) is 11.2 Å². The Morgan fingerprint density at radius 1 is 0.958 bits per heavy atom. The van der Waals surface area contributed by atoms with E-state index in [-0.39, 0.29) is 0 Å². The highest BCUT2D eigenvalue weighted by molar-refractivity contribution is 5.39. The molecule has 2 aromatic rings. The molecule has 1 aliphatic heterocycles. The number of hydrogen-bond donors (Lipinski definition) is 0. The summed E-state index contributed by atoms with van der Waals surface area (Å²) in [5.74, 6) is 2.60. The lowest BCUT2D eigenvalue weighted by atomic mass is 10.1. The zero-order valence-corrected chi connectivity index (χ0v) is 14.2. The van der Waals surface area contributed by atoms with Crippen molar-refractivity contribution in [3.63, 3.8) is 0 Å². The van der Waals surface area contributed by atoms with Gasteiger partial charge in [-0.2, -0.15) is 0 Å². The Labute approximate surface area is 144 Å². The third-order valence-corrected chi connectivity index (χ3v) is 4.28. The first-order chi connectivity index (χ1) is 11.8. The van der Waals surface area contributed by atoms with Gasteiger partial charge in [0.05, 0.1) is 20.3 Å². The third kappa shape index (κ3) is 4.73. The molecular weight excluding hydrogens is 302 g/mol. The lowest BCUT2D eigenvalue weighted by Gasteiger charge is -2.26. The molecule has 128 valence electrons. The number of para-hydroxylation sites is 1. The summed E-state index contributed by atoms with van der Waals surface area (Å²) in [5, 5.41) is 0. The smallest absolute Gasteiger partial charge is 0.130 e. The summed E-state index contributed by atoms with van der Waals surface area (Å²) in [6, 6.07) is 16.0. The molecule has 0 N–H and O–H groups in total. The number of ether oxygens (including phenoxy) is 3. The Bertz CT molecular complexity index is 621. The van der Waals surface area contributed by atoms with Crippen molar-refractivity contribution >= 4 is 0 Å². The Kier molecular flexibility index (Phi) is 6.10. The van der Waals surface area contributed by atoms with Crippen molar-refractivity contribution in [1.29, 1.82) is 0 Å². The predicted molar refractivity (Wildman–Crippen MR) is 95.1 cm³/mol. The molecule has 1 fully saturated rings. The summed E-state index contributed by atoms with van der Waals surface area (Å²) >= 11 is 0. The fourth-order valence-corrected chi connectivity index (χ4v) is 2.90. The van der Waals surface area contributed by atoms with Gasteiger partial charge in [-0.05, 0) is 55.3 Å². The second kappa shape index (κ2) is 8.71. The summed E-state index contributed by atoms with van der Waals surface area (Å²) < 4.78 is 16.6. The second-order valence-electron chi connectivity index (χ2n) is 5.94. The quantitative estimate of drug-likeness (QED) is 0.775. The molecule has 0 aromatic heterocycles. The van der Waals surface area contributed by atoms with E-state index in [0.29, 0.717) is 0 Å². The first-order valence-corrected chi connectivity index (χ1v) is 8.55. The molecule has 1 aliphatic rings. The Morgan fingerprint density at radius 3 is 2.42 bits per heavy atom. The molecule has 0 aliphatic carbocycles. The number of nitrogens with zero attached hydrogens (tertiary/aromatic N) is 1. The van der Waals surface area contributed by atoms with Gasteiger partial charge in [0, 0.05) is 13.1 Å². The molecule has 0 bridgehead atoms. The molecule has 0 saturated carbocycles. The van der Waals surface area contributed by atoms with E-state index in [4.69, 9.17) is 14.2 Å². The molecule has 24 heavy (non-hydrogen) atoms. The van der Waals surface area contributed by atoms with Gasteiger partial charge in [0.25, 0.3) is 0 Å². The second-order valence-corrected chi connectivity index (χ2v) is 5.94. The maximum Gasteiger partial charge on any atom is 0.130 e. The van der Waals surface area contributed by atoms with E-state index in [0.717, 1.165) is 62.9 Å². The van der Waals surface area contributed by atoms with Gasteiger partial charge in [-0.25, -0.2) is 0 Å². The van der Waals surface area contributed by atoms with Crippen LogP contribution in [0, 0.1) is 0 Å². The average Bonchev–Trinajstić information content (AvgIpc) is 2.65. The number of rotatable bonds is 7. The molecule has 0 spiro atoms. The van der Waals surface area contributed by atoms with Crippen LogP contribution >= 0.6 is 0 Å². The van der Waals surface area contributed by atoms with Gasteiger partial charge < -0.3 is 14.2 Å². The fourth-order valence-electron chi connectivity index (χ4n) is 2.90. The largest absolute Gasteiger partial charge is 0.497 e. The molecule has 0 amide bonds. The number of morpholine rings is 1. The van der Waals surface area contributed by atoms with E-state index >= 15 is 0 Å². The van der Waals surface area contributed by atoms with Crippen molar-refractivity contribution in [2.24, 2.45) is 0 Å². The number of aryl methyl sites for hydroxylation is 1. The highest BCUT2D eigenvalue weighted by Gasteiger charge is 2.10. The maximum atomic E-state index is 6.06. The van der Waals surface area contributed by atoms with Crippen LogP contribution in [0.2, 0.25) is 0 Å². The topological polar surface area (TPSA) is 30.9 Å². The molecule has 3 rings (SSSR count). The van der Waals surface area contributed by atoms with E-state index in [1.54, 1.807) is 7.11 Å². The van der Waals surface area contributed by atoms with Crippen molar-refractivity contribution in [2.45, 2.75) is 12.8 Å². The zero-order chi connectivity index (χ0) is 16.6. The molecule has 0 atom stereocenters. The van der Waals surface area contributed by atoms with Crippen LogP contribution in [0.1, 0.15) is 12.0 Å². The number of methoxy groups -OCH3 is 1. The third-order valence-electron chi connectivity index (χ3n) is 4.28. The van der Waals surface area contributed by atoms with Crippen molar-refractivity contribution in [1.82, 2.24) is 4.90 Å². The summed E-state index contributed by atoms with van der Waals surface area (Å²) in [6.45, 7) is 4.92. The Morgan fingerprint density at radius 2 is 1.67 bits per heavy atom. The minimum Gasteiger partial charge on any atom is -0.497 e. The molecule has 2 aromatic carbocycles. The standard InChI is InChI=1S/C20H25NO3/c1-22-18-8-10-19(11-9-18)24-20-7-3-2-5-17(20)6-4-12-21-13-15-23-16-14-21/h2-3,5,7-11H,4,6,12-16H2,1H3. The van der Waals surface area contributed by atoms with E-state index in [1.807, 2.05) is 36.4 Å². The summed E-state index contributed by atoms with van der Waals surface area (Å²) in [5.41, 5.74) is 1.25. The highest BCUT2D eigenvalue weighted by atomic mass is 16.5. The predicted octanol–water partition coefficient (Wildman–Crippen LogP) is 3.75. The lowest BCUT2D eigenvalue weighted by molar-refractivity contribution is 0.0374. The zero-order valence-electron chi connectivity index (χ0n) is 14.2. The van der Waals surface area contributed by atoms with Gasteiger partial charge >= 0.3 is 0 Å². The van der Waals surface area contributed by atoms with Gasteiger partial charge in [-0.1, -0.05) is 18.2 Å². The molecular formula is C20H25NO3. The summed E-state index contributed by atoms with van der Waals surface area (Å²) in [7, 11) is 1.67. The van der Waals surface area contributed by atoms with Crippen molar-refractivity contribution < 1.29 is 14.2 Å². The monoisotopic (exact) mass is 327 g/mol.